The van der Waals surface area contributed by atoms with Gasteiger partial charge in [0.1, 0.15) is 11.6 Å². The van der Waals surface area contributed by atoms with Crippen molar-refractivity contribution in [1.82, 2.24) is 10.6 Å². The lowest BCUT2D eigenvalue weighted by atomic mass is 9.87. The van der Waals surface area contributed by atoms with E-state index in [1.807, 2.05) is 0 Å². The molecule has 21 heavy (non-hydrogen) atoms. The van der Waals surface area contributed by atoms with Crippen molar-refractivity contribution in [3.8, 4) is 11.1 Å². The van der Waals surface area contributed by atoms with E-state index in [0.717, 1.165) is 6.07 Å². The van der Waals surface area contributed by atoms with Crippen LogP contribution in [0.3, 0.4) is 0 Å². The van der Waals surface area contributed by atoms with Gasteiger partial charge in [-0.25, -0.2) is 13.6 Å². The van der Waals surface area contributed by atoms with Crippen molar-refractivity contribution < 1.29 is 18.4 Å². The Balaban J connectivity index is 2.15. The third-order valence-corrected chi connectivity index (χ3v) is 3.94. The van der Waals surface area contributed by atoms with Gasteiger partial charge in [0.05, 0.1) is 0 Å². The van der Waals surface area contributed by atoms with Crippen LogP contribution in [-0.2, 0) is 10.3 Å². The van der Waals surface area contributed by atoms with E-state index in [2.05, 4.69) is 10.6 Å². The smallest absolute Gasteiger partial charge is 0.316 e. The number of carbonyl (C=O) groups excluding carboxylic acids is 2. The zero-order chi connectivity index (χ0) is 14.8. The molecule has 0 radical (unpaired) electrons. The Morgan fingerprint density at radius 3 is 2.52 bits per heavy atom. The van der Waals surface area contributed by atoms with Gasteiger partial charge in [0, 0.05) is 16.7 Å². The van der Waals surface area contributed by atoms with Gasteiger partial charge in [0.25, 0.3) is 5.91 Å². The fraction of sp³-hybridized carbons (Fsp3) is 0.0667. The maximum absolute atomic E-state index is 14.2. The van der Waals surface area contributed by atoms with Crippen LogP contribution in [0.15, 0.2) is 36.4 Å². The number of benzene rings is 2. The Morgan fingerprint density at radius 2 is 1.81 bits per heavy atom. The van der Waals surface area contributed by atoms with Crippen LogP contribution in [0.2, 0.25) is 0 Å². The number of urea groups is 1. The third-order valence-electron chi connectivity index (χ3n) is 3.94. The SMILES string of the molecule is O=C1NC(=O)C2(N1)c1cc(F)ccc1-c1c(F)cccc12. The van der Waals surface area contributed by atoms with Crippen LogP contribution in [0.5, 0.6) is 0 Å². The minimum atomic E-state index is -1.56. The second-order valence-corrected chi connectivity index (χ2v) is 5.01. The normalized spacial score (nSPS) is 22.0. The first kappa shape index (κ1) is 12.0. The third kappa shape index (κ3) is 1.31. The first-order valence-corrected chi connectivity index (χ1v) is 6.27. The number of hydrogen-bond acceptors (Lipinski definition) is 2. The Hall–Kier alpha value is -2.76. The molecule has 1 aliphatic carbocycles. The van der Waals surface area contributed by atoms with Crippen LogP contribution in [-0.4, -0.2) is 11.9 Å². The molecule has 0 bridgehead atoms. The molecule has 4 rings (SSSR count). The van der Waals surface area contributed by atoms with Crippen molar-refractivity contribution in [2.45, 2.75) is 5.54 Å². The molecule has 6 heteroatoms. The summed E-state index contributed by atoms with van der Waals surface area (Å²) in [6.07, 6.45) is 0. The van der Waals surface area contributed by atoms with Gasteiger partial charge >= 0.3 is 6.03 Å². The molecule has 104 valence electrons. The molecule has 1 unspecified atom stereocenters. The Morgan fingerprint density at radius 1 is 1.00 bits per heavy atom. The summed E-state index contributed by atoms with van der Waals surface area (Å²) in [4.78, 5) is 23.9. The molecule has 3 amide bonds. The van der Waals surface area contributed by atoms with E-state index in [4.69, 9.17) is 0 Å². The first-order valence-electron chi connectivity index (χ1n) is 6.27. The average Bonchev–Trinajstić information content (AvgIpc) is 2.88. The van der Waals surface area contributed by atoms with Crippen molar-refractivity contribution in [2.75, 3.05) is 0 Å². The molecule has 2 aliphatic rings. The van der Waals surface area contributed by atoms with Crippen LogP contribution in [0.4, 0.5) is 13.6 Å². The van der Waals surface area contributed by atoms with Crippen LogP contribution in [0.25, 0.3) is 11.1 Å². The highest BCUT2D eigenvalue weighted by Crippen LogP contribution is 2.49. The van der Waals surface area contributed by atoms with Gasteiger partial charge in [-0.3, -0.25) is 10.1 Å². The monoisotopic (exact) mass is 286 g/mol. The summed E-state index contributed by atoms with van der Waals surface area (Å²) in [5.74, 6) is -1.72. The van der Waals surface area contributed by atoms with Crippen LogP contribution >= 0.6 is 0 Å². The second kappa shape index (κ2) is 3.66. The van der Waals surface area contributed by atoms with E-state index in [1.54, 1.807) is 6.07 Å². The summed E-state index contributed by atoms with van der Waals surface area (Å²) in [5.41, 5.74) is -0.393. The fourth-order valence-corrected chi connectivity index (χ4v) is 3.13. The number of carbonyl (C=O) groups is 2. The minimum absolute atomic E-state index is 0.213. The molecule has 2 N–H and O–H groups in total. The number of amides is 3. The molecule has 4 nitrogen and oxygen atoms in total. The fourth-order valence-electron chi connectivity index (χ4n) is 3.13. The summed E-state index contributed by atoms with van der Waals surface area (Å²) in [5, 5.41) is 4.65. The summed E-state index contributed by atoms with van der Waals surface area (Å²) in [6, 6.07) is 7.35. The van der Waals surface area contributed by atoms with E-state index >= 15 is 0 Å². The van der Waals surface area contributed by atoms with E-state index in [9.17, 15) is 18.4 Å². The summed E-state index contributed by atoms with van der Waals surface area (Å²) in [7, 11) is 0. The van der Waals surface area contributed by atoms with Crippen molar-refractivity contribution in [3.05, 3.63) is 59.2 Å². The Bertz CT molecular complexity index is 834. The lowest BCUT2D eigenvalue weighted by molar-refractivity contribution is -0.122. The van der Waals surface area contributed by atoms with E-state index in [0.29, 0.717) is 11.1 Å². The highest BCUT2D eigenvalue weighted by molar-refractivity contribution is 6.13. The van der Waals surface area contributed by atoms with Gasteiger partial charge in [0.2, 0.25) is 0 Å². The summed E-state index contributed by atoms with van der Waals surface area (Å²) >= 11 is 0. The van der Waals surface area contributed by atoms with Gasteiger partial charge < -0.3 is 5.32 Å². The molecule has 1 heterocycles. The molecule has 1 saturated heterocycles. The molecular formula is C15H8F2N2O2. The number of nitrogens with one attached hydrogen (secondary N) is 2. The van der Waals surface area contributed by atoms with Crippen molar-refractivity contribution in [3.63, 3.8) is 0 Å². The minimum Gasteiger partial charge on any atom is -0.316 e. The van der Waals surface area contributed by atoms with Crippen molar-refractivity contribution in [1.29, 1.82) is 0 Å². The summed E-state index contributed by atoms with van der Waals surface area (Å²) in [6.45, 7) is 0. The molecule has 1 atom stereocenters. The predicted octanol–water partition coefficient (Wildman–Crippen LogP) is 2.03. The van der Waals surface area contributed by atoms with Gasteiger partial charge in [-0.1, -0.05) is 18.2 Å². The van der Waals surface area contributed by atoms with Crippen LogP contribution in [0.1, 0.15) is 11.1 Å². The zero-order valence-electron chi connectivity index (χ0n) is 10.5. The van der Waals surface area contributed by atoms with Gasteiger partial charge in [-0.15, -0.1) is 0 Å². The molecule has 0 saturated carbocycles. The van der Waals surface area contributed by atoms with Gasteiger partial charge in [-0.05, 0) is 23.8 Å². The number of hydrogen-bond donors (Lipinski definition) is 2. The van der Waals surface area contributed by atoms with Crippen molar-refractivity contribution >= 4 is 11.9 Å². The lowest BCUT2D eigenvalue weighted by Crippen LogP contribution is -2.43. The topological polar surface area (TPSA) is 58.2 Å². The standard InChI is InChI=1S/C15H8F2N2O2/c16-7-4-5-8-10(6-7)15(13(20)18-14(21)19-15)9-2-1-3-11(17)12(8)9/h1-6H,(H2,18,19,20,21). The molecule has 1 spiro atoms. The maximum atomic E-state index is 14.2. The van der Waals surface area contributed by atoms with Crippen LogP contribution < -0.4 is 10.6 Å². The quantitative estimate of drug-likeness (QED) is 0.728. The van der Waals surface area contributed by atoms with Crippen LogP contribution in [0, 0.1) is 11.6 Å². The van der Waals surface area contributed by atoms with Crippen molar-refractivity contribution in [2.24, 2.45) is 0 Å². The number of imide groups is 1. The van der Waals surface area contributed by atoms with E-state index in [1.165, 1.54) is 24.3 Å². The molecule has 0 aromatic heterocycles. The maximum Gasteiger partial charge on any atom is 0.322 e. The second-order valence-electron chi connectivity index (χ2n) is 5.01. The molecule has 1 fully saturated rings. The first-order chi connectivity index (χ1) is 10.0. The van der Waals surface area contributed by atoms with Gasteiger partial charge in [0.15, 0.2) is 5.54 Å². The highest BCUT2D eigenvalue weighted by atomic mass is 19.1. The summed E-state index contributed by atoms with van der Waals surface area (Å²) < 4.78 is 27.8. The number of rotatable bonds is 0. The Labute approximate surface area is 117 Å². The number of fused-ring (bicyclic) bond motifs is 5. The zero-order valence-corrected chi connectivity index (χ0v) is 10.5. The highest BCUT2D eigenvalue weighted by Gasteiger charge is 2.55. The van der Waals surface area contributed by atoms with E-state index in [-0.39, 0.29) is 11.1 Å². The van der Waals surface area contributed by atoms with E-state index < -0.39 is 29.1 Å². The average molecular weight is 286 g/mol. The molecular weight excluding hydrogens is 278 g/mol. The largest absolute Gasteiger partial charge is 0.322 e. The molecule has 2 aromatic rings. The molecule has 2 aromatic carbocycles. The predicted molar refractivity (Wildman–Crippen MR) is 69.2 cm³/mol. The molecule has 1 aliphatic heterocycles. The van der Waals surface area contributed by atoms with Gasteiger partial charge in [-0.2, -0.15) is 0 Å². The number of halogens is 2. The lowest BCUT2D eigenvalue weighted by Gasteiger charge is -2.23. The Kier molecular flexibility index (Phi) is 2.10.